The van der Waals surface area contributed by atoms with Crippen LogP contribution in [0.15, 0.2) is 30.3 Å². The Balaban J connectivity index is 2.64. The summed E-state index contributed by atoms with van der Waals surface area (Å²) >= 11 is 0. The van der Waals surface area contributed by atoms with Gasteiger partial charge in [0.25, 0.3) is 0 Å². The summed E-state index contributed by atoms with van der Waals surface area (Å²) in [7, 11) is 2.80. The predicted molar refractivity (Wildman–Crippen MR) is 74.7 cm³/mol. The van der Waals surface area contributed by atoms with Crippen LogP contribution in [0.5, 0.6) is 17.2 Å². The normalized spacial score (nSPS) is 10.2. The molecule has 0 radical (unpaired) electrons. The number of hydrogen-bond acceptors (Lipinski definition) is 5. The monoisotopic (exact) mass is 276 g/mol. The van der Waals surface area contributed by atoms with E-state index in [-0.39, 0.29) is 0 Å². The fourth-order valence-corrected chi connectivity index (χ4v) is 1.95. The molecule has 0 aliphatic rings. The first kappa shape index (κ1) is 14.0. The van der Waals surface area contributed by atoms with Gasteiger partial charge in [-0.25, -0.2) is 4.79 Å². The summed E-state index contributed by atoms with van der Waals surface area (Å²) in [6.07, 6.45) is -0.777. The second kappa shape index (κ2) is 6.14. The number of rotatable bonds is 4. The molecule has 2 rings (SSSR count). The van der Waals surface area contributed by atoms with E-state index in [1.54, 1.807) is 6.07 Å². The van der Waals surface area contributed by atoms with Crippen LogP contribution in [0.3, 0.4) is 0 Å². The maximum absolute atomic E-state index is 11.3. The van der Waals surface area contributed by atoms with Crippen LogP contribution in [0.4, 0.5) is 4.79 Å². The quantitative estimate of drug-likeness (QED) is 0.633. The molecule has 20 heavy (non-hydrogen) atoms. The predicted octanol–water partition coefficient (Wildman–Crippen LogP) is 3.39. The standard InChI is InChI=1S/C15H16O5/c1-4-19-14-11-8-6-5-7-10(11)12(9-13(14)17-2)20-15(16)18-3/h5-9H,4H2,1-3H3. The van der Waals surface area contributed by atoms with Crippen molar-refractivity contribution in [1.29, 1.82) is 0 Å². The summed E-state index contributed by atoms with van der Waals surface area (Å²) in [6.45, 7) is 2.41. The van der Waals surface area contributed by atoms with E-state index in [9.17, 15) is 4.79 Å². The number of benzene rings is 2. The molecule has 106 valence electrons. The lowest BCUT2D eigenvalue weighted by Gasteiger charge is -2.15. The molecule has 0 unspecified atom stereocenters. The van der Waals surface area contributed by atoms with E-state index in [0.717, 1.165) is 10.8 Å². The van der Waals surface area contributed by atoms with E-state index in [4.69, 9.17) is 14.2 Å². The molecule has 5 heteroatoms. The Kier molecular flexibility index (Phi) is 4.30. The van der Waals surface area contributed by atoms with Gasteiger partial charge in [0.1, 0.15) is 5.75 Å². The molecule has 5 nitrogen and oxygen atoms in total. The lowest BCUT2D eigenvalue weighted by atomic mass is 10.1. The Labute approximate surface area is 117 Å². The second-order valence-corrected chi connectivity index (χ2v) is 3.94. The number of ether oxygens (including phenoxy) is 4. The van der Waals surface area contributed by atoms with E-state index in [2.05, 4.69) is 4.74 Å². The van der Waals surface area contributed by atoms with E-state index in [1.165, 1.54) is 14.2 Å². The van der Waals surface area contributed by atoms with Gasteiger partial charge in [-0.3, -0.25) is 0 Å². The van der Waals surface area contributed by atoms with Crippen molar-refractivity contribution in [2.45, 2.75) is 6.92 Å². The number of methoxy groups -OCH3 is 2. The second-order valence-electron chi connectivity index (χ2n) is 3.94. The summed E-state index contributed by atoms with van der Waals surface area (Å²) in [5.74, 6) is 1.50. The Morgan fingerprint density at radius 1 is 1.10 bits per heavy atom. The molecular formula is C15H16O5. The summed E-state index contributed by atoms with van der Waals surface area (Å²) in [5.41, 5.74) is 0. The molecule has 0 saturated heterocycles. The summed E-state index contributed by atoms with van der Waals surface area (Å²) in [6, 6.07) is 9.08. The van der Waals surface area contributed by atoms with Crippen LogP contribution in [0.25, 0.3) is 10.8 Å². The van der Waals surface area contributed by atoms with Gasteiger partial charge in [0.05, 0.1) is 20.8 Å². The Bertz CT molecular complexity index is 621. The third kappa shape index (κ3) is 2.61. The van der Waals surface area contributed by atoms with Crippen LogP contribution >= 0.6 is 0 Å². The summed E-state index contributed by atoms with van der Waals surface area (Å²) in [5, 5.41) is 1.56. The van der Waals surface area contributed by atoms with Gasteiger partial charge in [0.15, 0.2) is 11.5 Å². The van der Waals surface area contributed by atoms with Gasteiger partial charge in [-0.1, -0.05) is 24.3 Å². The molecule has 0 aliphatic heterocycles. The first-order valence-corrected chi connectivity index (χ1v) is 6.19. The molecule has 0 bridgehead atoms. The van der Waals surface area contributed by atoms with Crippen molar-refractivity contribution in [2.24, 2.45) is 0 Å². The van der Waals surface area contributed by atoms with Crippen molar-refractivity contribution < 1.29 is 23.7 Å². The van der Waals surface area contributed by atoms with Gasteiger partial charge < -0.3 is 18.9 Å². The topological polar surface area (TPSA) is 54.0 Å². The minimum absolute atomic E-state index is 0.368. The van der Waals surface area contributed by atoms with Gasteiger partial charge >= 0.3 is 6.16 Å². The SMILES string of the molecule is CCOc1c(OC)cc(OC(=O)OC)c2ccccc12. The number of carbonyl (C=O) groups is 1. The Hall–Kier alpha value is -2.43. The highest BCUT2D eigenvalue weighted by atomic mass is 16.7. The molecular weight excluding hydrogens is 260 g/mol. The molecule has 2 aromatic rings. The molecule has 0 amide bonds. The first-order chi connectivity index (χ1) is 9.71. The van der Waals surface area contributed by atoms with Crippen molar-refractivity contribution in [3.8, 4) is 17.2 Å². The van der Waals surface area contributed by atoms with Crippen molar-refractivity contribution >= 4 is 16.9 Å². The molecule has 0 aromatic heterocycles. The van der Waals surface area contributed by atoms with Crippen LogP contribution in [0, 0.1) is 0 Å². The smallest absolute Gasteiger partial charge is 0.493 e. The molecule has 0 fully saturated rings. The maximum atomic E-state index is 11.3. The van der Waals surface area contributed by atoms with Crippen LogP contribution < -0.4 is 14.2 Å². The number of carbonyl (C=O) groups excluding carboxylic acids is 1. The zero-order chi connectivity index (χ0) is 14.5. The van der Waals surface area contributed by atoms with E-state index < -0.39 is 6.16 Å². The van der Waals surface area contributed by atoms with Crippen LogP contribution in [-0.4, -0.2) is 27.0 Å². The average Bonchev–Trinajstić information content (AvgIpc) is 2.49. The van der Waals surface area contributed by atoms with Gasteiger partial charge in [-0.05, 0) is 6.92 Å². The van der Waals surface area contributed by atoms with Crippen LogP contribution in [0.2, 0.25) is 0 Å². The van der Waals surface area contributed by atoms with Crippen LogP contribution in [0.1, 0.15) is 6.92 Å². The maximum Gasteiger partial charge on any atom is 0.513 e. The third-order valence-corrected chi connectivity index (χ3v) is 2.79. The Morgan fingerprint density at radius 3 is 2.40 bits per heavy atom. The molecule has 0 aliphatic carbocycles. The fourth-order valence-electron chi connectivity index (χ4n) is 1.95. The number of hydrogen-bond donors (Lipinski definition) is 0. The molecule has 0 saturated carbocycles. The van der Waals surface area contributed by atoms with Crippen molar-refractivity contribution in [2.75, 3.05) is 20.8 Å². The first-order valence-electron chi connectivity index (χ1n) is 6.19. The minimum Gasteiger partial charge on any atom is -0.493 e. The van der Waals surface area contributed by atoms with Gasteiger partial charge in [-0.15, -0.1) is 0 Å². The Morgan fingerprint density at radius 2 is 1.80 bits per heavy atom. The fraction of sp³-hybridized carbons (Fsp3) is 0.267. The van der Waals surface area contributed by atoms with Crippen molar-refractivity contribution in [1.82, 2.24) is 0 Å². The zero-order valence-corrected chi connectivity index (χ0v) is 11.6. The molecule has 0 N–H and O–H groups in total. The number of fused-ring (bicyclic) bond motifs is 1. The van der Waals surface area contributed by atoms with E-state index in [0.29, 0.717) is 23.9 Å². The molecule has 2 aromatic carbocycles. The summed E-state index contributed by atoms with van der Waals surface area (Å²) in [4.78, 5) is 11.3. The molecule has 0 heterocycles. The zero-order valence-electron chi connectivity index (χ0n) is 11.6. The van der Waals surface area contributed by atoms with Gasteiger partial charge in [0.2, 0.25) is 0 Å². The largest absolute Gasteiger partial charge is 0.513 e. The highest BCUT2D eigenvalue weighted by Crippen LogP contribution is 2.41. The molecule has 0 atom stereocenters. The molecule has 0 spiro atoms. The lowest BCUT2D eigenvalue weighted by Crippen LogP contribution is -2.08. The highest BCUT2D eigenvalue weighted by Gasteiger charge is 2.16. The van der Waals surface area contributed by atoms with Crippen LogP contribution in [-0.2, 0) is 4.74 Å². The van der Waals surface area contributed by atoms with Crippen molar-refractivity contribution in [3.63, 3.8) is 0 Å². The van der Waals surface area contributed by atoms with E-state index in [1.807, 2.05) is 31.2 Å². The van der Waals surface area contributed by atoms with Gasteiger partial charge in [-0.2, -0.15) is 0 Å². The minimum atomic E-state index is -0.777. The average molecular weight is 276 g/mol. The highest BCUT2D eigenvalue weighted by molar-refractivity contribution is 5.96. The lowest BCUT2D eigenvalue weighted by molar-refractivity contribution is 0.122. The van der Waals surface area contributed by atoms with Crippen molar-refractivity contribution in [3.05, 3.63) is 30.3 Å². The third-order valence-electron chi connectivity index (χ3n) is 2.79. The van der Waals surface area contributed by atoms with E-state index >= 15 is 0 Å². The summed E-state index contributed by atoms with van der Waals surface area (Å²) < 4.78 is 20.6. The van der Waals surface area contributed by atoms with Gasteiger partial charge in [0, 0.05) is 16.8 Å².